The van der Waals surface area contributed by atoms with Crippen molar-refractivity contribution in [2.24, 2.45) is 5.73 Å². The molecule has 4 nitrogen and oxygen atoms in total. The summed E-state index contributed by atoms with van der Waals surface area (Å²) in [5.74, 6) is 0.491. The van der Waals surface area contributed by atoms with E-state index in [1.165, 1.54) is 0 Å². The number of nitrogens with one attached hydrogen (secondary N) is 1. The number of hydrogen-bond donors (Lipinski definition) is 2. The molecule has 2 unspecified atom stereocenters. The van der Waals surface area contributed by atoms with Gasteiger partial charge in [0.2, 0.25) is 5.91 Å². The van der Waals surface area contributed by atoms with E-state index in [1.807, 2.05) is 6.92 Å². The van der Waals surface area contributed by atoms with Crippen LogP contribution >= 0.6 is 0 Å². The van der Waals surface area contributed by atoms with Crippen LogP contribution in [-0.4, -0.2) is 33.7 Å². The van der Waals surface area contributed by atoms with Crippen molar-refractivity contribution in [1.82, 2.24) is 5.32 Å². The fourth-order valence-corrected chi connectivity index (χ4v) is 2.48. The van der Waals surface area contributed by atoms with Crippen molar-refractivity contribution in [2.45, 2.75) is 43.9 Å². The highest BCUT2D eigenvalue weighted by Crippen LogP contribution is 2.18. The zero-order chi connectivity index (χ0) is 11.3. The summed E-state index contributed by atoms with van der Waals surface area (Å²) >= 11 is 0. The van der Waals surface area contributed by atoms with Crippen molar-refractivity contribution in [3.63, 3.8) is 0 Å². The van der Waals surface area contributed by atoms with Crippen molar-refractivity contribution in [2.75, 3.05) is 12.3 Å². The molecule has 1 aliphatic carbocycles. The van der Waals surface area contributed by atoms with Crippen LogP contribution in [0.1, 0.15) is 32.6 Å². The van der Waals surface area contributed by atoms with Crippen LogP contribution in [0.4, 0.5) is 0 Å². The molecule has 1 amide bonds. The van der Waals surface area contributed by atoms with Gasteiger partial charge in [-0.3, -0.25) is 9.00 Å². The predicted molar refractivity (Wildman–Crippen MR) is 61.9 cm³/mol. The van der Waals surface area contributed by atoms with Crippen molar-refractivity contribution < 1.29 is 9.00 Å². The van der Waals surface area contributed by atoms with Gasteiger partial charge in [-0.05, 0) is 25.8 Å². The fraction of sp³-hybridized carbons (Fsp3) is 0.900. The summed E-state index contributed by atoms with van der Waals surface area (Å²) < 4.78 is 11.6. The molecule has 1 saturated carbocycles. The number of amides is 1. The third-order valence-corrected chi connectivity index (χ3v) is 4.23. The van der Waals surface area contributed by atoms with E-state index in [9.17, 15) is 9.00 Å². The molecular weight excluding hydrogens is 212 g/mol. The van der Waals surface area contributed by atoms with Crippen LogP contribution in [-0.2, 0) is 15.6 Å². The summed E-state index contributed by atoms with van der Waals surface area (Å²) in [6.45, 7) is 2.48. The Morgan fingerprint density at radius 3 is 2.80 bits per heavy atom. The average molecular weight is 232 g/mol. The van der Waals surface area contributed by atoms with Crippen molar-refractivity contribution in [1.29, 1.82) is 0 Å². The summed E-state index contributed by atoms with van der Waals surface area (Å²) in [6.07, 6.45) is 3.33. The first-order chi connectivity index (χ1) is 7.13. The second-order valence-electron chi connectivity index (χ2n) is 4.06. The lowest BCUT2D eigenvalue weighted by Gasteiger charge is -2.09. The molecule has 3 N–H and O–H groups in total. The standard InChI is InChI=1S/C10H20N2O2S/c1-8(4-6-11)15(14)7-5-10(13)12-9-2-3-9/h8-9H,2-7,11H2,1H3,(H,12,13). The lowest BCUT2D eigenvalue weighted by Crippen LogP contribution is -2.28. The molecule has 0 spiro atoms. The Hall–Kier alpha value is -0.420. The van der Waals surface area contributed by atoms with Crippen molar-refractivity contribution in [3.8, 4) is 0 Å². The van der Waals surface area contributed by atoms with Crippen LogP contribution in [0.5, 0.6) is 0 Å². The van der Waals surface area contributed by atoms with E-state index < -0.39 is 10.8 Å². The number of carbonyl (C=O) groups excluding carboxylic acids is 1. The summed E-state index contributed by atoms with van der Waals surface area (Å²) in [4.78, 5) is 11.3. The number of carbonyl (C=O) groups is 1. The largest absolute Gasteiger partial charge is 0.353 e. The van der Waals surface area contributed by atoms with E-state index in [4.69, 9.17) is 5.73 Å². The molecule has 1 aliphatic rings. The van der Waals surface area contributed by atoms with Crippen LogP contribution in [0.25, 0.3) is 0 Å². The summed E-state index contributed by atoms with van der Waals surface area (Å²) in [6, 6.07) is 0.396. The number of rotatable bonds is 7. The smallest absolute Gasteiger partial charge is 0.221 e. The maximum atomic E-state index is 11.6. The molecule has 0 radical (unpaired) electrons. The minimum atomic E-state index is -0.920. The monoisotopic (exact) mass is 232 g/mol. The van der Waals surface area contributed by atoms with E-state index in [1.54, 1.807) is 0 Å². The van der Waals surface area contributed by atoms with Gasteiger partial charge in [-0.15, -0.1) is 0 Å². The fourth-order valence-electron chi connectivity index (χ4n) is 1.29. The van der Waals surface area contributed by atoms with E-state index in [2.05, 4.69) is 5.32 Å². The van der Waals surface area contributed by atoms with Gasteiger partial charge in [-0.1, -0.05) is 6.92 Å². The van der Waals surface area contributed by atoms with Crippen LogP contribution in [0, 0.1) is 0 Å². The van der Waals surface area contributed by atoms with Crippen LogP contribution in [0.3, 0.4) is 0 Å². The third kappa shape index (κ3) is 5.28. The van der Waals surface area contributed by atoms with Gasteiger partial charge < -0.3 is 11.1 Å². The Morgan fingerprint density at radius 2 is 2.27 bits per heavy atom. The molecule has 15 heavy (non-hydrogen) atoms. The average Bonchev–Trinajstić information content (AvgIpc) is 2.98. The SMILES string of the molecule is CC(CCN)S(=O)CCC(=O)NC1CC1. The maximum absolute atomic E-state index is 11.6. The van der Waals surface area contributed by atoms with Gasteiger partial charge in [0.1, 0.15) is 0 Å². The molecule has 0 bridgehead atoms. The second-order valence-corrected chi connectivity index (χ2v) is 6.04. The van der Waals surface area contributed by atoms with Gasteiger partial charge in [0.15, 0.2) is 0 Å². The van der Waals surface area contributed by atoms with Crippen molar-refractivity contribution in [3.05, 3.63) is 0 Å². The van der Waals surface area contributed by atoms with Crippen molar-refractivity contribution >= 4 is 16.7 Å². The van der Waals surface area contributed by atoms with E-state index in [0.29, 0.717) is 24.8 Å². The molecule has 1 rings (SSSR count). The molecule has 0 aromatic heterocycles. The zero-order valence-corrected chi connectivity index (χ0v) is 10.0. The minimum absolute atomic E-state index is 0.0331. The summed E-state index contributed by atoms with van der Waals surface area (Å²) in [5.41, 5.74) is 5.38. The Bertz CT molecular complexity index is 242. The second kappa shape index (κ2) is 6.23. The minimum Gasteiger partial charge on any atom is -0.353 e. The first kappa shape index (κ1) is 12.6. The van der Waals surface area contributed by atoms with Gasteiger partial charge in [-0.2, -0.15) is 0 Å². The van der Waals surface area contributed by atoms with Crippen LogP contribution in [0.15, 0.2) is 0 Å². The molecular formula is C10H20N2O2S. The highest BCUT2D eigenvalue weighted by molar-refractivity contribution is 7.85. The Labute approximate surface area is 93.4 Å². The van der Waals surface area contributed by atoms with Gasteiger partial charge in [0.25, 0.3) is 0 Å². The lowest BCUT2D eigenvalue weighted by atomic mass is 10.3. The predicted octanol–water partition coefficient (Wildman–Crippen LogP) is 0.141. The zero-order valence-electron chi connectivity index (χ0n) is 9.20. The molecule has 88 valence electrons. The first-order valence-electron chi connectivity index (χ1n) is 5.50. The van der Waals surface area contributed by atoms with Gasteiger partial charge in [0, 0.05) is 34.3 Å². The van der Waals surface area contributed by atoms with Gasteiger partial charge in [0.05, 0.1) is 0 Å². The molecule has 0 aromatic carbocycles. The molecule has 0 heterocycles. The number of hydrogen-bond acceptors (Lipinski definition) is 3. The van der Waals surface area contributed by atoms with Gasteiger partial charge >= 0.3 is 0 Å². The summed E-state index contributed by atoms with van der Waals surface area (Å²) in [5, 5.41) is 2.98. The normalized spacial score (nSPS) is 19.6. The topological polar surface area (TPSA) is 72.2 Å². The molecule has 0 aromatic rings. The highest BCUT2D eigenvalue weighted by Gasteiger charge is 2.23. The molecule has 1 fully saturated rings. The Kier molecular flexibility index (Phi) is 5.25. The molecule has 2 atom stereocenters. The maximum Gasteiger partial charge on any atom is 0.221 e. The molecule has 5 heteroatoms. The third-order valence-electron chi connectivity index (χ3n) is 2.49. The first-order valence-corrected chi connectivity index (χ1v) is 6.88. The Morgan fingerprint density at radius 1 is 1.60 bits per heavy atom. The van der Waals surface area contributed by atoms with E-state index in [0.717, 1.165) is 19.3 Å². The lowest BCUT2D eigenvalue weighted by molar-refractivity contribution is -0.120. The van der Waals surface area contributed by atoms with Gasteiger partial charge in [-0.25, -0.2) is 0 Å². The van der Waals surface area contributed by atoms with E-state index >= 15 is 0 Å². The summed E-state index contributed by atoms with van der Waals surface area (Å²) in [7, 11) is -0.920. The molecule has 0 saturated heterocycles. The highest BCUT2D eigenvalue weighted by atomic mass is 32.2. The van der Waals surface area contributed by atoms with Crippen LogP contribution in [0.2, 0.25) is 0 Å². The molecule has 0 aliphatic heterocycles. The van der Waals surface area contributed by atoms with Crippen LogP contribution < -0.4 is 11.1 Å². The Balaban J connectivity index is 2.11. The quantitative estimate of drug-likeness (QED) is 0.656. The number of nitrogens with two attached hydrogens (primary N) is 1. The van der Waals surface area contributed by atoms with E-state index in [-0.39, 0.29) is 11.2 Å².